The maximum Gasteiger partial charge on any atom is 0.341 e. The van der Waals surface area contributed by atoms with Crippen LogP contribution in [0.1, 0.15) is 353 Å². The van der Waals surface area contributed by atoms with Gasteiger partial charge < -0.3 is 77.3 Å². The summed E-state index contributed by atoms with van der Waals surface area (Å²) in [5.41, 5.74) is 5.17. The molecule has 20 heteroatoms. The second kappa shape index (κ2) is 43.1. The number of carboxylic acids is 4. The first kappa shape index (κ1) is 80.5. The van der Waals surface area contributed by atoms with Gasteiger partial charge in [0.05, 0.1) is 0 Å². The van der Waals surface area contributed by atoms with Crippen molar-refractivity contribution >= 4 is 23.9 Å². The number of aliphatic carboxylic acids is 4. The van der Waals surface area contributed by atoms with E-state index in [1.54, 1.807) is 0 Å². The monoisotopic (exact) mass is 1450 g/mol. The molecule has 9 rings (SSSR count). The fraction of sp³-hybridized carbons (Fsp3) is 0.667. The topological polar surface area (TPSA) is 260 Å². The SMILES string of the molecule is CCCCCCCCCCCC1c2cc3c4c(OCC(=O)O)c2OCOc2c1cc1c(c2OCC(=O)O)OCOc2c(cc5c(c2OCC(=O)O)OCOc2c(cc(c(c2OCC(=O)O)OCO4)C3CCCCCCCCCCC)C5CCCCCCCCCCC)C1CCCCCCCCCCC. The van der Waals surface area contributed by atoms with Crippen molar-refractivity contribution in [3.8, 4) is 69.0 Å². The normalized spacial score (nSPS) is 16.4. The predicted molar refractivity (Wildman–Crippen MR) is 398 cm³/mol. The van der Waals surface area contributed by atoms with Crippen molar-refractivity contribution in [2.24, 2.45) is 0 Å². The largest absolute Gasteiger partial charge is 0.479 e. The third kappa shape index (κ3) is 22.2. The maximum absolute atomic E-state index is 13.0. The maximum atomic E-state index is 13.0. The van der Waals surface area contributed by atoms with Crippen LogP contribution in [0, 0.1) is 0 Å². The minimum atomic E-state index is -1.23. The molecule has 0 spiro atoms. The molecule has 0 saturated carbocycles. The molecule has 0 atom stereocenters. The van der Waals surface area contributed by atoms with E-state index in [1.165, 1.54) is 77.0 Å². The van der Waals surface area contributed by atoms with Crippen molar-refractivity contribution in [1.82, 2.24) is 0 Å². The van der Waals surface area contributed by atoms with Gasteiger partial charge in [0.1, 0.15) is 0 Å². The molecule has 5 aliphatic rings. The van der Waals surface area contributed by atoms with Crippen molar-refractivity contribution in [2.45, 2.75) is 308 Å². The number of unbranched alkanes of at least 4 members (excludes halogenated alkanes) is 32. The molecule has 20 nitrogen and oxygen atoms in total. The van der Waals surface area contributed by atoms with E-state index in [1.807, 2.05) is 0 Å². The lowest BCUT2D eigenvalue weighted by atomic mass is 9.75. The second-order valence-electron chi connectivity index (χ2n) is 29.2. The summed E-state index contributed by atoms with van der Waals surface area (Å²) in [6, 6.07) is 8.47. The number of hydrogen-bond acceptors (Lipinski definition) is 16. The van der Waals surface area contributed by atoms with Gasteiger partial charge in [-0.1, -0.05) is 259 Å². The minimum absolute atomic E-state index is 0.0436. The van der Waals surface area contributed by atoms with Gasteiger partial charge in [-0.3, -0.25) is 0 Å². The Bertz CT molecular complexity index is 2820. The van der Waals surface area contributed by atoms with Gasteiger partial charge in [0.15, 0.2) is 72.4 Å². The molecule has 0 saturated heterocycles. The molecule has 0 aromatic heterocycles. The first-order valence-corrected chi connectivity index (χ1v) is 40.1. The first-order valence-electron chi connectivity index (χ1n) is 40.1. The minimum Gasteiger partial charge on any atom is -0.479 e. The summed E-state index contributed by atoms with van der Waals surface area (Å²) in [4.78, 5) is 51.9. The Labute approximate surface area is 617 Å². The van der Waals surface area contributed by atoms with Crippen LogP contribution in [-0.4, -0.2) is 97.9 Å². The van der Waals surface area contributed by atoms with Gasteiger partial charge in [-0.2, -0.15) is 0 Å². The van der Waals surface area contributed by atoms with Crippen LogP contribution in [0.3, 0.4) is 0 Å². The first-order chi connectivity index (χ1) is 50.9. The quantitative estimate of drug-likeness (QED) is 0.0300. The standard InChI is InChI=1S/C84H120O20/c1-5-9-13-17-21-25-29-33-37-41-57-61-45-63-58(42-38-34-30-26-22-18-14-10-6-2)65-47-67-60(44-40-36-32-28-24-20-16-12-8-4)68-48-66-59(43-39-35-31-27-23-19-15-11-7-3)64-46-62(57)74-82(94-50-70(87)88)76(64)100-55-102-78(66)84(96-52-72(91)92)80(68)104-56-103-79(67)83(95-51-71(89)90)77(65)101-54-99-75(63)81(93-49-69(85)86)73(61)97-53-98-74/h45-48,57-60H,5-44,49-56H2,1-4H3,(H,85,86)(H,87,88)(H,89,90)(H,91,92). The molecule has 0 amide bonds. The van der Waals surface area contributed by atoms with E-state index in [4.69, 9.17) is 56.8 Å². The molecule has 0 unspecified atom stereocenters. The zero-order valence-corrected chi connectivity index (χ0v) is 62.9. The molecular weight excluding hydrogens is 1330 g/mol. The van der Waals surface area contributed by atoms with Crippen molar-refractivity contribution < 1.29 is 96.4 Å². The van der Waals surface area contributed by atoms with E-state index in [0.717, 1.165) is 154 Å². The van der Waals surface area contributed by atoms with Crippen LogP contribution in [0.15, 0.2) is 24.3 Å². The highest BCUT2D eigenvalue weighted by molar-refractivity contribution is 5.76. The van der Waals surface area contributed by atoms with Gasteiger partial charge in [-0.05, 0) is 49.9 Å². The summed E-state index contributed by atoms with van der Waals surface area (Å²) in [6.45, 7) is 3.89. The zero-order chi connectivity index (χ0) is 73.4. The van der Waals surface area contributed by atoms with Crippen molar-refractivity contribution in [1.29, 1.82) is 0 Å². The second-order valence-corrected chi connectivity index (χ2v) is 29.2. The Kier molecular flexibility index (Phi) is 33.3. The molecule has 8 bridgehead atoms. The van der Waals surface area contributed by atoms with Crippen LogP contribution in [0.25, 0.3) is 0 Å². The van der Waals surface area contributed by atoms with E-state index in [-0.39, 0.29) is 69.0 Å². The molecular formula is C84H120O20. The number of carboxylic acid groups (broad SMARTS) is 4. The molecule has 4 aliphatic heterocycles. The fourth-order valence-corrected chi connectivity index (χ4v) is 16.1. The van der Waals surface area contributed by atoms with Crippen LogP contribution in [0.4, 0.5) is 0 Å². The van der Waals surface area contributed by atoms with Crippen molar-refractivity contribution in [3.05, 3.63) is 68.8 Å². The fourth-order valence-electron chi connectivity index (χ4n) is 16.1. The number of carbonyl (C=O) groups is 4. The molecule has 1 aliphatic carbocycles. The Balaban J connectivity index is 1.38. The van der Waals surface area contributed by atoms with E-state index in [2.05, 4.69) is 52.0 Å². The summed E-state index contributed by atoms with van der Waals surface area (Å²) in [5.74, 6) is -5.71. The molecule has 4 N–H and O–H groups in total. The third-order valence-corrected chi connectivity index (χ3v) is 21.4. The van der Waals surface area contributed by atoms with Crippen LogP contribution < -0.4 is 56.8 Å². The van der Waals surface area contributed by atoms with E-state index >= 15 is 0 Å². The molecule has 576 valence electrons. The Morgan fingerprint density at radius 3 is 0.548 bits per heavy atom. The third-order valence-electron chi connectivity index (χ3n) is 21.4. The van der Waals surface area contributed by atoms with Crippen LogP contribution >= 0.6 is 0 Å². The van der Waals surface area contributed by atoms with Crippen LogP contribution in [0.2, 0.25) is 0 Å². The van der Waals surface area contributed by atoms with Crippen molar-refractivity contribution in [3.63, 3.8) is 0 Å². The van der Waals surface area contributed by atoms with E-state index in [0.29, 0.717) is 70.2 Å². The zero-order valence-electron chi connectivity index (χ0n) is 62.9. The number of hydrogen-bond donors (Lipinski definition) is 4. The summed E-state index contributed by atoms with van der Waals surface area (Å²) in [6.07, 6.45) is 40.0. The number of ether oxygens (including phenoxy) is 12. The average Bonchev–Trinajstić information content (AvgIpc) is 0.722. The van der Waals surface area contributed by atoms with Gasteiger partial charge in [-0.25, -0.2) is 19.2 Å². The van der Waals surface area contributed by atoms with Crippen molar-refractivity contribution in [2.75, 3.05) is 53.6 Å². The lowest BCUT2D eigenvalue weighted by molar-refractivity contribution is -0.140. The summed E-state index contributed by atoms with van der Waals surface area (Å²) < 4.78 is 81.2. The van der Waals surface area contributed by atoms with Gasteiger partial charge in [0, 0.05) is 68.2 Å². The molecule has 104 heavy (non-hydrogen) atoms. The highest BCUT2D eigenvalue weighted by Gasteiger charge is 2.43. The van der Waals surface area contributed by atoms with Crippen LogP contribution in [-0.2, 0) is 19.2 Å². The average molecular weight is 1450 g/mol. The molecule has 4 heterocycles. The van der Waals surface area contributed by atoms with E-state index < -0.39 is 101 Å². The molecule has 4 aromatic carbocycles. The molecule has 0 fully saturated rings. The highest BCUT2D eigenvalue weighted by atomic mass is 16.7. The Morgan fingerprint density at radius 2 is 0.404 bits per heavy atom. The summed E-state index contributed by atoms with van der Waals surface area (Å²) in [5, 5.41) is 42.4. The van der Waals surface area contributed by atoms with Gasteiger partial charge >= 0.3 is 23.9 Å². The lowest BCUT2D eigenvalue weighted by Crippen LogP contribution is -2.25. The lowest BCUT2D eigenvalue weighted by Gasteiger charge is -2.37. The predicted octanol–water partition coefficient (Wildman–Crippen LogP) is 21.0. The molecule has 0 radical (unpaired) electrons. The smallest absolute Gasteiger partial charge is 0.341 e. The Morgan fingerprint density at radius 1 is 0.260 bits per heavy atom. The van der Waals surface area contributed by atoms with Gasteiger partial charge in [0.25, 0.3) is 0 Å². The van der Waals surface area contributed by atoms with E-state index in [9.17, 15) is 39.6 Å². The highest BCUT2D eigenvalue weighted by Crippen LogP contribution is 2.63. The van der Waals surface area contributed by atoms with Gasteiger partial charge in [0.2, 0.25) is 50.2 Å². The number of rotatable bonds is 52. The summed E-state index contributed by atoms with van der Waals surface area (Å²) in [7, 11) is 0. The summed E-state index contributed by atoms with van der Waals surface area (Å²) >= 11 is 0. The number of benzene rings is 4. The van der Waals surface area contributed by atoms with Crippen LogP contribution in [0.5, 0.6) is 69.0 Å². The molecule has 4 aromatic rings. The Hall–Kier alpha value is -7.64. The van der Waals surface area contributed by atoms with Gasteiger partial charge in [-0.15, -0.1) is 0 Å².